The first kappa shape index (κ1) is 12.5. The number of aromatic nitrogens is 2. The number of carbonyl (C=O) groups excluding carboxylic acids is 2. The van der Waals surface area contributed by atoms with Crippen molar-refractivity contribution >= 4 is 17.4 Å². The number of hydrogen-bond donors (Lipinski definition) is 0. The van der Waals surface area contributed by atoms with E-state index in [1.165, 1.54) is 0 Å². The average molecular weight is 277 g/mol. The van der Waals surface area contributed by atoms with Gasteiger partial charge in [-0.3, -0.25) is 14.3 Å². The Morgan fingerprint density at radius 2 is 1.95 bits per heavy atom. The number of anilines is 1. The van der Waals surface area contributed by atoms with Gasteiger partial charge in [-0.25, -0.2) is 8.78 Å². The highest BCUT2D eigenvalue weighted by Crippen LogP contribution is 2.32. The SMILES string of the molecule is O=C1C(=O)N(CCn2cccn2)c2c(F)cc(F)cc21. The molecule has 0 saturated carbocycles. The Morgan fingerprint density at radius 3 is 2.65 bits per heavy atom. The first-order valence-corrected chi connectivity index (χ1v) is 5.90. The maximum atomic E-state index is 13.8. The lowest BCUT2D eigenvalue weighted by Crippen LogP contribution is -2.33. The second-order valence-electron chi connectivity index (χ2n) is 4.34. The largest absolute Gasteiger partial charge is 0.300 e. The number of benzene rings is 1. The fourth-order valence-electron chi connectivity index (χ4n) is 2.20. The van der Waals surface area contributed by atoms with Crippen molar-refractivity contribution in [2.75, 3.05) is 11.4 Å². The third-order valence-electron chi connectivity index (χ3n) is 3.09. The van der Waals surface area contributed by atoms with Crippen LogP contribution < -0.4 is 4.90 Å². The van der Waals surface area contributed by atoms with Gasteiger partial charge in [0.05, 0.1) is 17.8 Å². The van der Waals surface area contributed by atoms with E-state index in [1.54, 1.807) is 23.1 Å². The Hall–Kier alpha value is -2.57. The Kier molecular flexibility index (Phi) is 2.81. The number of Topliss-reactive ketones (excluding diaryl/α,β-unsaturated/α-hetero) is 1. The van der Waals surface area contributed by atoms with Gasteiger partial charge in [0.25, 0.3) is 11.7 Å². The van der Waals surface area contributed by atoms with E-state index in [0.29, 0.717) is 12.6 Å². The third-order valence-corrected chi connectivity index (χ3v) is 3.09. The molecule has 0 bridgehead atoms. The van der Waals surface area contributed by atoms with Gasteiger partial charge in [-0.15, -0.1) is 0 Å². The van der Waals surface area contributed by atoms with Gasteiger partial charge in [0.2, 0.25) is 0 Å². The van der Waals surface area contributed by atoms with Crippen LogP contribution in [0.3, 0.4) is 0 Å². The molecule has 1 aliphatic heterocycles. The number of carbonyl (C=O) groups is 2. The number of fused-ring (bicyclic) bond motifs is 1. The number of halogens is 2. The van der Waals surface area contributed by atoms with E-state index in [9.17, 15) is 18.4 Å². The van der Waals surface area contributed by atoms with Crippen molar-refractivity contribution in [1.29, 1.82) is 0 Å². The van der Waals surface area contributed by atoms with Crippen LogP contribution in [-0.4, -0.2) is 28.0 Å². The summed E-state index contributed by atoms with van der Waals surface area (Å²) in [4.78, 5) is 24.6. The second-order valence-corrected chi connectivity index (χ2v) is 4.34. The van der Waals surface area contributed by atoms with Gasteiger partial charge in [-0.2, -0.15) is 5.10 Å². The molecule has 0 fully saturated rings. The van der Waals surface area contributed by atoms with Crippen molar-refractivity contribution in [2.45, 2.75) is 6.54 Å². The van der Waals surface area contributed by atoms with E-state index in [4.69, 9.17) is 0 Å². The third kappa shape index (κ3) is 1.87. The molecule has 1 aromatic carbocycles. The normalized spacial score (nSPS) is 14.0. The summed E-state index contributed by atoms with van der Waals surface area (Å²) in [6.45, 7) is 0.393. The maximum absolute atomic E-state index is 13.8. The summed E-state index contributed by atoms with van der Waals surface area (Å²) in [5.41, 5.74) is -0.387. The number of hydrogen-bond acceptors (Lipinski definition) is 3. The van der Waals surface area contributed by atoms with Gasteiger partial charge in [0.1, 0.15) is 5.82 Å². The van der Waals surface area contributed by atoms with Crippen molar-refractivity contribution in [3.05, 3.63) is 47.8 Å². The quantitative estimate of drug-likeness (QED) is 0.797. The minimum Gasteiger partial charge on any atom is -0.300 e. The zero-order valence-corrected chi connectivity index (χ0v) is 10.2. The Balaban J connectivity index is 1.93. The van der Waals surface area contributed by atoms with Crippen molar-refractivity contribution in [1.82, 2.24) is 9.78 Å². The number of ketones is 1. The lowest BCUT2D eigenvalue weighted by atomic mass is 10.1. The molecule has 20 heavy (non-hydrogen) atoms. The Morgan fingerprint density at radius 1 is 1.15 bits per heavy atom. The molecular weight excluding hydrogens is 268 g/mol. The lowest BCUT2D eigenvalue weighted by molar-refractivity contribution is -0.114. The van der Waals surface area contributed by atoms with Crippen molar-refractivity contribution < 1.29 is 18.4 Å². The molecule has 1 aliphatic rings. The second kappa shape index (κ2) is 4.52. The molecule has 3 rings (SSSR count). The summed E-state index contributed by atoms with van der Waals surface area (Å²) in [5.74, 6) is -3.54. The average Bonchev–Trinajstić information content (AvgIpc) is 2.98. The highest BCUT2D eigenvalue weighted by atomic mass is 19.1. The summed E-state index contributed by atoms with van der Waals surface area (Å²) in [5, 5.41) is 3.95. The van der Waals surface area contributed by atoms with E-state index < -0.39 is 23.3 Å². The minimum atomic E-state index is -0.917. The Bertz CT molecular complexity index is 698. The highest BCUT2D eigenvalue weighted by Gasteiger charge is 2.38. The molecule has 0 atom stereocenters. The fraction of sp³-hybridized carbons (Fsp3) is 0.154. The van der Waals surface area contributed by atoms with Crippen LogP contribution in [0.15, 0.2) is 30.6 Å². The van der Waals surface area contributed by atoms with Gasteiger partial charge in [-0.05, 0) is 12.1 Å². The van der Waals surface area contributed by atoms with Crippen LogP contribution >= 0.6 is 0 Å². The van der Waals surface area contributed by atoms with E-state index >= 15 is 0 Å². The molecule has 0 aliphatic carbocycles. The Labute approximate surface area is 112 Å². The molecule has 7 heteroatoms. The van der Waals surface area contributed by atoms with E-state index in [2.05, 4.69) is 5.10 Å². The van der Waals surface area contributed by atoms with Crippen molar-refractivity contribution in [3.8, 4) is 0 Å². The number of amides is 1. The van der Waals surface area contributed by atoms with Crippen LogP contribution in [0.1, 0.15) is 10.4 Å². The molecule has 5 nitrogen and oxygen atoms in total. The zero-order chi connectivity index (χ0) is 14.3. The molecule has 0 radical (unpaired) electrons. The van der Waals surface area contributed by atoms with Gasteiger partial charge in [-0.1, -0.05) is 0 Å². The minimum absolute atomic E-state index is 0.0851. The lowest BCUT2D eigenvalue weighted by Gasteiger charge is -2.16. The number of nitrogens with zero attached hydrogens (tertiary/aromatic N) is 3. The van der Waals surface area contributed by atoms with E-state index in [1.807, 2.05) is 0 Å². The van der Waals surface area contributed by atoms with Crippen LogP contribution in [-0.2, 0) is 11.3 Å². The fourth-order valence-corrected chi connectivity index (χ4v) is 2.20. The molecule has 0 spiro atoms. The smallest absolute Gasteiger partial charge is 0.299 e. The van der Waals surface area contributed by atoms with Gasteiger partial charge >= 0.3 is 0 Å². The van der Waals surface area contributed by atoms with Crippen molar-refractivity contribution in [3.63, 3.8) is 0 Å². The molecule has 2 aromatic rings. The molecule has 0 saturated heterocycles. The van der Waals surface area contributed by atoms with Crippen LogP contribution in [0.4, 0.5) is 14.5 Å². The zero-order valence-electron chi connectivity index (χ0n) is 10.2. The number of rotatable bonds is 3. The van der Waals surface area contributed by atoms with Crippen molar-refractivity contribution in [2.24, 2.45) is 0 Å². The van der Waals surface area contributed by atoms with Gasteiger partial charge < -0.3 is 4.90 Å². The summed E-state index contributed by atoms with van der Waals surface area (Å²) in [7, 11) is 0. The van der Waals surface area contributed by atoms with Gasteiger partial charge in [0.15, 0.2) is 5.82 Å². The molecular formula is C13H9F2N3O2. The molecule has 102 valence electrons. The van der Waals surface area contributed by atoms with Crippen LogP contribution in [0.2, 0.25) is 0 Å². The van der Waals surface area contributed by atoms with Crippen LogP contribution in [0, 0.1) is 11.6 Å². The van der Waals surface area contributed by atoms with E-state index in [-0.39, 0.29) is 17.8 Å². The predicted octanol–water partition coefficient (Wildman–Crippen LogP) is 1.39. The van der Waals surface area contributed by atoms with Gasteiger partial charge in [0, 0.05) is 25.0 Å². The monoisotopic (exact) mass is 277 g/mol. The summed E-state index contributed by atoms with van der Waals surface area (Å²) >= 11 is 0. The predicted molar refractivity (Wildman–Crippen MR) is 65.3 cm³/mol. The first-order chi connectivity index (χ1) is 9.58. The first-order valence-electron chi connectivity index (χ1n) is 5.90. The summed E-state index contributed by atoms with van der Waals surface area (Å²) in [6.07, 6.45) is 3.26. The molecule has 0 N–H and O–H groups in total. The highest BCUT2D eigenvalue weighted by molar-refractivity contribution is 6.52. The summed E-state index contributed by atoms with van der Waals surface area (Å²) < 4.78 is 28.5. The van der Waals surface area contributed by atoms with Crippen LogP contribution in [0.25, 0.3) is 0 Å². The maximum Gasteiger partial charge on any atom is 0.299 e. The summed E-state index contributed by atoms with van der Waals surface area (Å²) in [6, 6.07) is 3.25. The molecule has 1 amide bonds. The topological polar surface area (TPSA) is 55.2 Å². The van der Waals surface area contributed by atoms with E-state index in [0.717, 1.165) is 11.0 Å². The molecule has 2 heterocycles. The van der Waals surface area contributed by atoms with Crippen LogP contribution in [0.5, 0.6) is 0 Å². The standard InChI is InChI=1S/C13H9F2N3O2/c14-8-6-9-11(10(15)7-8)18(13(20)12(9)19)5-4-17-3-1-2-16-17/h1-3,6-7H,4-5H2. The molecule has 1 aromatic heterocycles. The molecule has 0 unspecified atom stereocenters.